The molecular weight excluding hydrogens is 452 g/mol. The van der Waals surface area contributed by atoms with Crippen molar-refractivity contribution in [2.75, 3.05) is 6.54 Å². The summed E-state index contributed by atoms with van der Waals surface area (Å²) in [5.41, 5.74) is 10.7. The molecule has 34 heavy (non-hydrogen) atoms. The van der Waals surface area contributed by atoms with Crippen LogP contribution >= 0.6 is 0 Å². The molecule has 0 aliphatic carbocycles. The number of hydrogen-bond donors (Lipinski definition) is 8. The van der Waals surface area contributed by atoms with Crippen molar-refractivity contribution in [1.29, 1.82) is 0 Å². The zero-order valence-electron chi connectivity index (χ0n) is 18.2. The monoisotopic (exact) mass is 480 g/mol. The first-order chi connectivity index (χ1) is 16.1. The molecule has 0 saturated carbocycles. The summed E-state index contributed by atoms with van der Waals surface area (Å²) in [5.74, 6) is -5.77. The van der Waals surface area contributed by atoms with E-state index in [2.05, 4.69) is 31.2 Å². The van der Waals surface area contributed by atoms with E-state index < -0.39 is 72.5 Å². The molecule has 1 aromatic rings. The van der Waals surface area contributed by atoms with Gasteiger partial charge in [-0.25, -0.2) is 9.78 Å². The number of carbonyl (C=O) groups is 6. The number of aromatic amines is 1. The number of hydrogen-bond acceptors (Lipinski definition) is 8. The third kappa shape index (κ3) is 8.16. The van der Waals surface area contributed by atoms with E-state index >= 15 is 0 Å². The smallest absolute Gasteiger partial charge is 0.326 e. The highest BCUT2D eigenvalue weighted by Gasteiger charge is 2.32. The molecule has 1 fully saturated rings. The van der Waals surface area contributed by atoms with E-state index in [1.807, 2.05) is 0 Å². The molecule has 4 unspecified atom stereocenters. The van der Waals surface area contributed by atoms with Crippen molar-refractivity contribution in [1.82, 2.24) is 31.2 Å². The van der Waals surface area contributed by atoms with E-state index in [1.165, 1.54) is 12.5 Å². The van der Waals surface area contributed by atoms with Crippen LogP contribution in [0.4, 0.5) is 0 Å². The average Bonchev–Trinajstić information content (AvgIpc) is 3.45. The number of rotatable bonds is 13. The molecule has 0 aromatic carbocycles. The summed E-state index contributed by atoms with van der Waals surface area (Å²) in [6.45, 7) is 0.659. The quantitative estimate of drug-likeness (QED) is 0.137. The van der Waals surface area contributed by atoms with Crippen LogP contribution < -0.4 is 32.7 Å². The average molecular weight is 480 g/mol. The normalized spacial score (nSPS) is 17.7. The fraction of sp³-hybridized carbons (Fsp3) is 0.526. The summed E-state index contributed by atoms with van der Waals surface area (Å²) in [7, 11) is 0. The van der Waals surface area contributed by atoms with Crippen molar-refractivity contribution in [2.24, 2.45) is 11.5 Å². The van der Waals surface area contributed by atoms with Crippen LogP contribution in [0, 0.1) is 0 Å². The highest BCUT2D eigenvalue weighted by molar-refractivity contribution is 5.96. The Labute approximate surface area is 193 Å². The topological polar surface area (TPSA) is 251 Å². The highest BCUT2D eigenvalue weighted by Crippen LogP contribution is 2.07. The minimum Gasteiger partial charge on any atom is -0.480 e. The van der Waals surface area contributed by atoms with E-state index in [9.17, 15) is 33.9 Å². The van der Waals surface area contributed by atoms with Gasteiger partial charge in [0.05, 0.1) is 25.2 Å². The minimum atomic E-state index is -1.67. The Morgan fingerprint density at radius 3 is 2.15 bits per heavy atom. The number of carbonyl (C=O) groups excluding carboxylic acids is 5. The summed E-state index contributed by atoms with van der Waals surface area (Å²) in [5, 5.41) is 19.2. The first-order valence-electron chi connectivity index (χ1n) is 10.5. The first kappa shape index (κ1) is 26.2. The van der Waals surface area contributed by atoms with Crippen molar-refractivity contribution in [2.45, 2.75) is 56.3 Å². The second kappa shape index (κ2) is 12.3. The summed E-state index contributed by atoms with van der Waals surface area (Å²) >= 11 is 0. The van der Waals surface area contributed by atoms with Crippen LogP contribution in [-0.4, -0.2) is 81.3 Å². The number of primary amides is 2. The fourth-order valence-electron chi connectivity index (χ4n) is 3.36. The van der Waals surface area contributed by atoms with Gasteiger partial charge in [-0.3, -0.25) is 24.0 Å². The summed E-state index contributed by atoms with van der Waals surface area (Å²) in [6.07, 6.45) is 2.86. The minimum absolute atomic E-state index is 0.00533. The van der Waals surface area contributed by atoms with E-state index in [4.69, 9.17) is 11.5 Å². The van der Waals surface area contributed by atoms with Crippen LogP contribution in [0.15, 0.2) is 12.5 Å². The maximum absolute atomic E-state index is 13.0. The number of carboxylic acids is 1. The van der Waals surface area contributed by atoms with Gasteiger partial charge in [-0.1, -0.05) is 0 Å². The van der Waals surface area contributed by atoms with Gasteiger partial charge >= 0.3 is 5.97 Å². The van der Waals surface area contributed by atoms with Crippen molar-refractivity contribution in [3.05, 3.63) is 18.2 Å². The molecule has 5 amide bonds. The molecule has 1 aliphatic heterocycles. The third-order valence-corrected chi connectivity index (χ3v) is 5.05. The molecule has 0 radical (unpaired) electrons. The molecule has 1 aliphatic rings. The maximum Gasteiger partial charge on any atom is 0.326 e. The molecule has 10 N–H and O–H groups in total. The molecule has 2 rings (SSSR count). The van der Waals surface area contributed by atoms with Gasteiger partial charge in [0.15, 0.2) is 0 Å². The van der Waals surface area contributed by atoms with E-state index in [0.717, 1.165) is 6.42 Å². The van der Waals surface area contributed by atoms with Gasteiger partial charge in [0.2, 0.25) is 29.5 Å². The highest BCUT2D eigenvalue weighted by atomic mass is 16.4. The zero-order chi connectivity index (χ0) is 25.3. The van der Waals surface area contributed by atoms with Crippen LogP contribution in [0.3, 0.4) is 0 Å². The number of aliphatic carboxylic acids is 1. The predicted octanol–water partition coefficient (Wildman–Crippen LogP) is -4.01. The van der Waals surface area contributed by atoms with Crippen molar-refractivity contribution in [3.8, 4) is 0 Å². The van der Waals surface area contributed by atoms with Gasteiger partial charge in [0, 0.05) is 18.3 Å². The summed E-state index contributed by atoms with van der Waals surface area (Å²) in [4.78, 5) is 78.7. The molecule has 0 spiro atoms. The summed E-state index contributed by atoms with van der Waals surface area (Å²) in [6, 6.07) is -4.87. The number of nitrogens with two attached hydrogens (primary N) is 2. The number of H-pyrrole nitrogens is 1. The molecule has 1 saturated heterocycles. The second-order valence-corrected chi connectivity index (χ2v) is 7.79. The molecular formula is C19H28N8O7. The van der Waals surface area contributed by atoms with Crippen molar-refractivity contribution >= 4 is 35.5 Å². The van der Waals surface area contributed by atoms with Crippen LogP contribution in [-0.2, 0) is 35.2 Å². The lowest BCUT2D eigenvalue weighted by Crippen LogP contribution is -2.58. The Morgan fingerprint density at radius 1 is 1.00 bits per heavy atom. The van der Waals surface area contributed by atoms with Crippen LogP contribution in [0.2, 0.25) is 0 Å². The number of amides is 5. The molecule has 1 aromatic heterocycles. The Hall–Kier alpha value is -4.01. The Balaban J connectivity index is 2.16. The van der Waals surface area contributed by atoms with Gasteiger partial charge < -0.3 is 42.8 Å². The molecule has 15 nitrogen and oxygen atoms in total. The van der Waals surface area contributed by atoms with Crippen LogP contribution in [0.5, 0.6) is 0 Å². The Morgan fingerprint density at radius 2 is 1.62 bits per heavy atom. The predicted molar refractivity (Wildman–Crippen MR) is 114 cm³/mol. The number of nitrogens with zero attached hydrogens (tertiary/aromatic N) is 1. The molecule has 0 bridgehead atoms. The SMILES string of the molecule is NC(=O)CC(NC(=O)C(CC(N)=O)NC(=O)C(Cc1cnc[nH]1)NC(=O)C1CCCN1)C(=O)O. The Kier molecular flexibility index (Phi) is 9.49. The van der Waals surface area contributed by atoms with Gasteiger partial charge in [-0.2, -0.15) is 0 Å². The summed E-state index contributed by atoms with van der Waals surface area (Å²) < 4.78 is 0. The third-order valence-electron chi connectivity index (χ3n) is 5.05. The van der Waals surface area contributed by atoms with Crippen LogP contribution in [0.1, 0.15) is 31.4 Å². The Bertz CT molecular complexity index is 914. The molecule has 4 atom stereocenters. The van der Waals surface area contributed by atoms with Crippen LogP contribution in [0.25, 0.3) is 0 Å². The second-order valence-electron chi connectivity index (χ2n) is 7.79. The lowest BCUT2D eigenvalue weighted by Gasteiger charge is -2.24. The molecule has 15 heteroatoms. The number of imidazole rings is 1. The molecule has 2 heterocycles. The lowest BCUT2D eigenvalue weighted by molar-refractivity contribution is -0.144. The standard InChI is InChI=1S/C19H28N8O7/c20-14(28)5-12(18(32)27-13(19(33)34)6-15(21)29)26-17(31)11(4-9-7-22-8-24-9)25-16(30)10-2-1-3-23-10/h7-8,10-13,23H,1-6H2,(H2,20,28)(H2,21,29)(H,22,24)(H,25,30)(H,26,31)(H,27,32)(H,33,34). The fourth-order valence-corrected chi connectivity index (χ4v) is 3.36. The van der Waals surface area contributed by atoms with Crippen molar-refractivity contribution in [3.63, 3.8) is 0 Å². The zero-order valence-corrected chi connectivity index (χ0v) is 18.2. The van der Waals surface area contributed by atoms with E-state index in [-0.39, 0.29) is 6.42 Å². The molecule has 186 valence electrons. The van der Waals surface area contributed by atoms with Gasteiger partial charge in [0.1, 0.15) is 18.1 Å². The number of aromatic nitrogens is 2. The van der Waals surface area contributed by atoms with Gasteiger partial charge in [-0.05, 0) is 19.4 Å². The van der Waals surface area contributed by atoms with Gasteiger partial charge in [0.25, 0.3) is 0 Å². The van der Waals surface area contributed by atoms with Gasteiger partial charge in [-0.15, -0.1) is 0 Å². The van der Waals surface area contributed by atoms with Crippen molar-refractivity contribution < 1.29 is 33.9 Å². The number of nitrogens with one attached hydrogen (secondary N) is 5. The van der Waals surface area contributed by atoms with E-state index in [0.29, 0.717) is 18.7 Å². The maximum atomic E-state index is 13.0. The lowest BCUT2D eigenvalue weighted by atomic mass is 10.1. The van der Waals surface area contributed by atoms with E-state index in [1.54, 1.807) is 0 Å². The first-order valence-corrected chi connectivity index (χ1v) is 10.5. The number of carboxylic acid groups (broad SMARTS) is 1. The largest absolute Gasteiger partial charge is 0.480 e.